The molecule has 0 saturated carbocycles. The lowest BCUT2D eigenvalue weighted by molar-refractivity contribution is 0.112. The van der Waals surface area contributed by atoms with Crippen molar-refractivity contribution in [3.05, 3.63) is 42.2 Å². The first-order chi connectivity index (χ1) is 7.29. The average Bonchev–Trinajstić information content (AvgIpc) is 2.84. The zero-order chi connectivity index (χ0) is 10.7. The van der Waals surface area contributed by atoms with Gasteiger partial charge in [-0.05, 0) is 13.0 Å². The molecule has 2 heterocycles. The van der Waals surface area contributed by atoms with E-state index < -0.39 is 0 Å². The molecule has 0 aromatic carbocycles. The average molecular weight is 203 g/mol. The van der Waals surface area contributed by atoms with Gasteiger partial charge in [-0.3, -0.25) is 4.79 Å². The predicted octanol–water partition coefficient (Wildman–Crippen LogP) is 1.51. The summed E-state index contributed by atoms with van der Waals surface area (Å²) in [5.41, 5.74) is 0.720. The Morgan fingerprint density at radius 3 is 2.87 bits per heavy atom. The van der Waals surface area contributed by atoms with E-state index in [0.29, 0.717) is 0 Å². The van der Waals surface area contributed by atoms with Gasteiger partial charge in [0, 0.05) is 43.4 Å². The van der Waals surface area contributed by atoms with E-state index in [1.165, 1.54) is 0 Å². The fourth-order valence-corrected chi connectivity index (χ4v) is 1.53. The second kappa shape index (κ2) is 4.13. The number of hydrogen-bond donors (Lipinski definition) is 0. The summed E-state index contributed by atoms with van der Waals surface area (Å²) in [6.45, 7) is 3.70. The minimum Gasteiger partial charge on any atom is -0.352 e. The van der Waals surface area contributed by atoms with Crippen LogP contribution in [-0.4, -0.2) is 20.4 Å². The maximum atomic E-state index is 10.5. The van der Waals surface area contributed by atoms with Crippen LogP contribution in [0.5, 0.6) is 0 Å². The molecule has 0 radical (unpaired) electrons. The normalized spacial score (nSPS) is 10.5. The Labute approximate surface area is 88.2 Å². The van der Waals surface area contributed by atoms with Crippen molar-refractivity contribution in [2.45, 2.75) is 20.0 Å². The Bertz CT molecular complexity index is 456. The third-order valence-electron chi connectivity index (χ3n) is 2.43. The van der Waals surface area contributed by atoms with Crippen LogP contribution in [-0.2, 0) is 13.1 Å². The molecule has 0 bridgehead atoms. The molecule has 0 aliphatic carbocycles. The summed E-state index contributed by atoms with van der Waals surface area (Å²) in [7, 11) is 0. The van der Waals surface area contributed by atoms with Gasteiger partial charge >= 0.3 is 0 Å². The highest BCUT2D eigenvalue weighted by Gasteiger charge is 1.98. The van der Waals surface area contributed by atoms with E-state index in [2.05, 4.69) is 9.55 Å². The van der Waals surface area contributed by atoms with Crippen LogP contribution in [0.2, 0.25) is 0 Å². The molecule has 2 rings (SSSR count). The first kappa shape index (κ1) is 9.71. The summed E-state index contributed by atoms with van der Waals surface area (Å²) in [6, 6.07) is 1.81. The van der Waals surface area contributed by atoms with E-state index >= 15 is 0 Å². The monoisotopic (exact) mass is 203 g/mol. The summed E-state index contributed by atoms with van der Waals surface area (Å²) >= 11 is 0. The molecule has 0 fully saturated rings. The maximum absolute atomic E-state index is 10.5. The Morgan fingerprint density at radius 1 is 1.40 bits per heavy atom. The first-order valence-corrected chi connectivity index (χ1v) is 4.88. The number of aromatic nitrogens is 3. The van der Waals surface area contributed by atoms with Crippen molar-refractivity contribution in [1.82, 2.24) is 14.1 Å². The van der Waals surface area contributed by atoms with Gasteiger partial charge in [0.05, 0.1) is 0 Å². The van der Waals surface area contributed by atoms with Crippen molar-refractivity contribution in [2.24, 2.45) is 0 Å². The number of nitrogens with zero attached hydrogens (tertiary/aromatic N) is 3. The van der Waals surface area contributed by atoms with Crippen LogP contribution in [0, 0.1) is 6.92 Å². The molecule has 0 amide bonds. The molecule has 78 valence electrons. The standard InChI is InChI=1S/C11H13N3O/c1-10-12-3-5-14(10)7-6-13-4-2-11(8-13)9-15/h2-5,8-9H,6-7H2,1H3. The fraction of sp³-hybridized carbons (Fsp3) is 0.273. The topological polar surface area (TPSA) is 39.8 Å². The quantitative estimate of drug-likeness (QED) is 0.706. The van der Waals surface area contributed by atoms with Gasteiger partial charge in [-0.25, -0.2) is 4.98 Å². The van der Waals surface area contributed by atoms with Crippen molar-refractivity contribution in [2.75, 3.05) is 0 Å². The van der Waals surface area contributed by atoms with E-state index in [9.17, 15) is 4.79 Å². The SMILES string of the molecule is Cc1nccn1CCn1ccc(C=O)c1. The minimum absolute atomic E-state index is 0.720. The summed E-state index contributed by atoms with van der Waals surface area (Å²) in [4.78, 5) is 14.6. The predicted molar refractivity (Wildman–Crippen MR) is 56.8 cm³/mol. The van der Waals surface area contributed by atoms with Crippen LogP contribution in [0.3, 0.4) is 0 Å². The lowest BCUT2D eigenvalue weighted by atomic mass is 10.4. The third-order valence-corrected chi connectivity index (χ3v) is 2.43. The molecule has 0 aliphatic heterocycles. The van der Waals surface area contributed by atoms with Crippen molar-refractivity contribution < 1.29 is 4.79 Å². The van der Waals surface area contributed by atoms with Crippen molar-refractivity contribution in [1.29, 1.82) is 0 Å². The van der Waals surface area contributed by atoms with E-state index in [4.69, 9.17) is 0 Å². The van der Waals surface area contributed by atoms with Gasteiger partial charge in [0.25, 0.3) is 0 Å². The van der Waals surface area contributed by atoms with E-state index in [0.717, 1.165) is 30.8 Å². The second-order valence-corrected chi connectivity index (χ2v) is 3.47. The number of aldehydes is 1. The van der Waals surface area contributed by atoms with Crippen LogP contribution in [0.15, 0.2) is 30.9 Å². The molecule has 0 saturated heterocycles. The Kier molecular flexibility index (Phi) is 2.67. The van der Waals surface area contributed by atoms with Gasteiger partial charge < -0.3 is 9.13 Å². The molecular formula is C11H13N3O. The lowest BCUT2D eigenvalue weighted by Crippen LogP contribution is -2.06. The molecule has 4 heteroatoms. The van der Waals surface area contributed by atoms with Crippen molar-refractivity contribution in [3.8, 4) is 0 Å². The molecular weight excluding hydrogens is 190 g/mol. The van der Waals surface area contributed by atoms with Crippen LogP contribution < -0.4 is 0 Å². The van der Waals surface area contributed by atoms with Crippen LogP contribution in [0.25, 0.3) is 0 Å². The molecule has 0 aliphatic rings. The molecule has 2 aromatic heterocycles. The highest BCUT2D eigenvalue weighted by molar-refractivity contribution is 5.74. The Hall–Kier alpha value is -1.84. The van der Waals surface area contributed by atoms with E-state index in [1.54, 1.807) is 6.20 Å². The van der Waals surface area contributed by atoms with E-state index in [1.807, 2.05) is 36.1 Å². The van der Waals surface area contributed by atoms with Crippen LogP contribution in [0.4, 0.5) is 0 Å². The van der Waals surface area contributed by atoms with Gasteiger partial charge in [0.15, 0.2) is 6.29 Å². The van der Waals surface area contributed by atoms with Gasteiger partial charge in [0.2, 0.25) is 0 Å². The lowest BCUT2D eigenvalue weighted by Gasteiger charge is -2.05. The molecule has 0 unspecified atom stereocenters. The van der Waals surface area contributed by atoms with Gasteiger partial charge in [0.1, 0.15) is 5.82 Å². The number of carbonyl (C=O) groups excluding carboxylic acids is 1. The smallest absolute Gasteiger partial charge is 0.151 e. The molecule has 0 atom stereocenters. The summed E-state index contributed by atoms with van der Waals surface area (Å²) in [5.74, 6) is 1.01. The summed E-state index contributed by atoms with van der Waals surface area (Å²) in [5, 5.41) is 0. The molecule has 2 aromatic rings. The maximum Gasteiger partial charge on any atom is 0.151 e. The van der Waals surface area contributed by atoms with Gasteiger partial charge in [-0.2, -0.15) is 0 Å². The first-order valence-electron chi connectivity index (χ1n) is 4.88. The Morgan fingerprint density at radius 2 is 2.27 bits per heavy atom. The summed E-state index contributed by atoms with van der Waals surface area (Å²) < 4.78 is 4.09. The number of carbonyl (C=O) groups is 1. The number of imidazole rings is 1. The minimum atomic E-state index is 0.720. The highest BCUT2D eigenvalue weighted by Crippen LogP contribution is 2.00. The number of hydrogen-bond acceptors (Lipinski definition) is 2. The highest BCUT2D eigenvalue weighted by atomic mass is 16.1. The largest absolute Gasteiger partial charge is 0.352 e. The number of rotatable bonds is 4. The third kappa shape index (κ3) is 2.15. The zero-order valence-corrected chi connectivity index (χ0v) is 8.63. The van der Waals surface area contributed by atoms with Crippen molar-refractivity contribution >= 4 is 6.29 Å². The zero-order valence-electron chi connectivity index (χ0n) is 8.63. The fourth-order valence-electron chi connectivity index (χ4n) is 1.53. The molecule has 0 spiro atoms. The van der Waals surface area contributed by atoms with Crippen molar-refractivity contribution in [3.63, 3.8) is 0 Å². The van der Waals surface area contributed by atoms with Gasteiger partial charge in [-0.1, -0.05) is 0 Å². The van der Waals surface area contributed by atoms with Crippen LogP contribution in [0.1, 0.15) is 16.2 Å². The second-order valence-electron chi connectivity index (χ2n) is 3.47. The Balaban J connectivity index is 1.99. The molecule has 0 N–H and O–H groups in total. The molecule has 15 heavy (non-hydrogen) atoms. The van der Waals surface area contributed by atoms with Gasteiger partial charge in [-0.15, -0.1) is 0 Å². The molecule has 4 nitrogen and oxygen atoms in total. The van der Waals surface area contributed by atoms with Crippen LogP contribution >= 0.6 is 0 Å². The van der Waals surface area contributed by atoms with E-state index in [-0.39, 0.29) is 0 Å². The summed E-state index contributed by atoms with van der Waals surface area (Å²) in [6.07, 6.45) is 8.37. The number of aryl methyl sites for hydroxylation is 3.